The molecular formula is C27H30N2O3S2. The van der Waals surface area contributed by atoms with E-state index in [1.54, 1.807) is 17.8 Å². The lowest BCUT2D eigenvalue weighted by molar-refractivity contribution is -0.122. The van der Waals surface area contributed by atoms with Gasteiger partial charge in [-0.05, 0) is 69.4 Å². The van der Waals surface area contributed by atoms with Crippen LogP contribution in [0.25, 0.3) is 12.2 Å². The summed E-state index contributed by atoms with van der Waals surface area (Å²) < 4.78 is 2.33. The Kier molecular flexibility index (Phi) is 8.69. The highest BCUT2D eigenvalue weighted by Gasteiger charge is 2.13. The molecule has 0 radical (unpaired) electrons. The molecule has 0 bridgehead atoms. The molecule has 0 aliphatic rings. The summed E-state index contributed by atoms with van der Waals surface area (Å²) in [5, 5.41) is 2.90. The van der Waals surface area contributed by atoms with Crippen molar-refractivity contribution in [3.05, 3.63) is 84.3 Å². The van der Waals surface area contributed by atoms with E-state index in [0.717, 1.165) is 28.0 Å². The van der Waals surface area contributed by atoms with E-state index in [1.807, 2.05) is 76.4 Å². The Bertz CT molecular complexity index is 1350. The second-order valence-corrected chi connectivity index (χ2v) is 10.3. The minimum absolute atomic E-state index is 0.00662. The molecule has 0 fully saturated rings. The van der Waals surface area contributed by atoms with E-state index in [0.29, 0.717) is 14.8 Å². The molecule has 178 valence electrons. The second kappa shape index (κ2) is 11.5. The number of aromatic nitrogens is 1. The van der Waals surface area contributed by atoms with Gasteiger partial charge in [0.2, 0.25) is 5.91 Å². The minimum atomic E-state index is -0.280. The maximum atomic E-state index is 13.3. The molecule has 2 aromatic carbocycles. The van der Waals surface area contributed by atoms with Crippen LogP contribution in [-0.4, -0.2) is 28.6 Å². The topological polar surface area (TPSA) is 68.2 Å². The van der Waals surface area contributed by atoms with Crippen LogP contribution in [0.5, 0.6) is 0 Å². The minimum Gasteiger partial charge on any atom is -0.352 e. The summed E-state index contributed by atoms with van der Waals surface area (Å²) in [7, 11) is 0. The quantitative estimate of drug-likeness (QED) is 0.383. The number of thioether (sulfide) groups is 1. The highest BCUT2D eigenvalue weighted by Crippen LogP contribution is 2.15. The van der Waals surface area contributed by atoms with Gasteiger partial charge in [-0.25, -0.2) is 0 Å². The number of ketones is 1. The molecule has 5 nitrogen and oxygen atoms in total. The Morgan fingerprint density at radius 2 is 1.76 bits per heavy atom. The number of hydrogen-bond donors (Lipinski definition) is 1. The second-order valence-electron chi connectivity index (χ2n) is 8.38. The predicted octanol–water partition coefficient (Wildman–Crippen LogP) is 3.66. The van der Waals surface area contributed by atoms with Gasteiger partial charge in [0.25, 0.3) is 5.56 Å². The first kappa shape index (κ1) is 25.7. The molecule has 0 aliphatic carbocycles. The summed E-state index contributed by atoms with van der Waals surface area (Å²) >= 11 is 2.87. The van der Waals surface area contributed by atoms with Gasteiger partial charge in [0, 0.05) is 22.6 Å². The van der Waals surface area contributed by atoms with Crippen LogP contribution in [-0.2, 0) is 11.3 Å². The highest BCUT2D eigenvalue weighted by molar-refractivity contribution is 7.98. The van der Waals surface area contributed by atoms with Gasteiger partial charge in [-0.15, -0.1) is 23.1 Å². The van der Waals surface area contributed by atoms with Gasteiger partial charge in [-0.2, -0.15) is 0 Å². The van der Waals surface area contributed by atoms with E-state index in [9.17, 15) is 14.4 Å². The van der Waals surface area contributed by atoms with Crippen molar-refractivity contribution in [1.82, 2.24) is 9.88 Å². The number of benzene rings is 2. The van der Waals surface area contributed by atoms with E-state index in [-0.39, 0.29) is 29.8 Å². The Balaban J connectivity index is 2.10. The number of carbonyl (C=O) groups excluding carboxylic acids is 2. The molecule has 1 heterocycles. The number of hydrogen-bond acceptors (Lipinski definition) is 5. The van der Waals surface area contributed by atoms with Gasteiger partial charge in [0.1, 0.15) is 11.2 Å². The number of thiazole rings is 1. The van der Waals surface area contributed by atoms with Crippen LogP contribution >= 0.6 is 23.1 Å². The summed E-state index contributed by atoms with van der Waals surface area (Å²) in [6.45, 7) is 7.66. The van der Waals surface area contributed by atoms with Crippen molar-refractivity contribution in [1.29, 1.82) is 0 Å². The number of aryl methyl sites for hydroxylation is 2. The smallest absolute Gasteiger partial charge is 0.269 e. The first-order valence-electron chi connectivity index (χ1n) is 11.2. The van der Waals surface area contributed by atoms with Crippen LogP contribution in [0.1, 0.15) is 47.3 Å². The van der Waals surface area contributed by atoms with Crippen LogP contribution in [0.15, 0.2) is 52.2 Å². The number of carbonyl (C=O) groups is 2. The lowest BCUT2D eigenvalue weighted by atomic mass is 10.0. The molecular weight excluding hydrogens is 464 g/mol. The first-order valence-corrected chi connectivity index (χ1v) is 13.2. The van der Waals surface area contributed by atoms with Crippen molar-refractivity contribution < 1.29 is 9.59 Å². The number of nitrogens with zero attached hydrogens (tertiary/aromatic N) is 1. The average Bonchev–Trinajstić information content (AvgIpc) is 3.07. The van der Waals surface area contributed by atoms with Gasteiger partial charge < -0.3 is 5.32 Å². The van der Waals surface area contributed by atoms with Gasteiger partial charge in [-0.1, -0.05) is 36.2 Å². The number of nitrogens with one attached hydrogen (secondary N) is 1. The van der Waals surface area contributed by atoms with E-state index in [4.69, 9.17) is 0 Å². The maximum Gasteiger partial charge on any atom is 0.269 e. The molecule has 0 unspecified atom stereocenters. The molecule has 1 aromatic heterocycles. The van der Waals surface area contributed by atoms with Crippen molar-refractivity contribution in [3.63, 3.8) is 0 Å². The van der Waals surface area contributed by atoms with E-state index < -0.39 is 0 Å². The average molecular weight is 495 g/mol. The zero-order chi connectivity index (χ0) is 24.8. The predicted molar refractivity (Wildman–Crippen MR) is 142 cm³/mol. The van der Waals surface area contributed by atoms with Crippen LogP contribution < -0.4 is 20.1 Å². The molecule has 1 atom stereocenters. The lowest BCUT2D eigenvalue weighted by Gasteiger charge is -2.11. The van der Waals surface area contributed by atoms with Crippen LogP contribution in [0.2, 0.25) is 0 Å². The van der Waals surface area contributed by atoms with Crippen molar-refractivity contribution in [2.75, 3.05) is 6.26 Å². The SMILES string of the molecule is CC[C@@H](C)NC(=O)Cn1c(=O)/c(=C\c2ccc(SC)cc2)s/c1=C\C(=O)c1cc(C)cc(C)c1. The van der Waals surface area contributed by atoms with Crippen LogP contribution in [0.4, 0.5) is 0 Å². The first-order chi connectivity index (χ1) is 16.2. The van der Waals surface area contributed by atoms with E-state index >= 15 is 0 Å². The summed E-state index contributed by atoms with van der Waals surface area (Å²) in [4.78, 5) is 40.0. The Hall–Kier alpha value is -2.90. The van der Waals surface area contributed by atoms with Crippen molar-refractivity contribution in [2.45, 2.75) is 51.6 Å². The molecule has 0 aliphatic heterocycles. The fourth-order valence-electron chi connectivity index (χ4n) is 3.52. The molecule has 3 rings (SSSR count). The Labute approximate surface area is 208 Å². The molecule has 0 saturated heterocycles. The molecule has 7 heteroatoms. The summed E-state index contributed by atoms with van der Waals surface area (Å²) in [5.74, 6) is -0.446. The number of amides is 1. The monoisotopic (exact) mass is 494 g/mol. The standard InChI is InChI=1S/C27H30N2O3S2/c1-6-19(4)28-25(31)16-29-26(15-23(30)21-12-17(2)11-18(3)13-21)34-24(27(29)32)14-20-7-9-22(33-5)10-8-20/h7-15,19H,6,16H2,1-5H3,(H,28,31)/b24-14+,26-15-/t19-/m1/s1. The largest absolute Gasteiger partial charge is 0.352 e. The van der Waals surface area contributed by atoms with Gasteiger partial charge >= 0.3 is 0 Å². The van der Waals surface area contributed by atoms with Gasteiger partial charge in [0.15, 0.2) is 5.78 Å². The maximum absolute atomic E-state index is 13.3. The summed E-state index contributed by atoms with van der Waals surface area (Å²) in [5.41, 5.74) is 3.16. The van der Waals surface area contributed by atoms with Crippen molar-refractivity contribution in [2.24, 2.45) is 0 Å². The van der Waals surface area contributed by atoms with E-state index in [2.05, 4.69) is 5.32 Å². The number of rotatable bonds is 8. The van der Waals surface area contributed by atoms with E-state index in [1.165, 1.54) is 22.0 Å². The normalized spacial score (nSPS) is 13.2. The fraction of sp³-hybridized carbons (Fsp3) is 0.296. The highest BCUT2D eigenvalue weighted by atomic mass is 32.2. The molecule has 0 spiro atoms. The molecule has 0 saturated carbocycles. The van der Waals surface area contributed by atoms with Gasteiger partial charge in [0.05, 0.1) is 4.53 Å². The molecule has 1 N–H and O–H groups in total. The fourth-order valence-corrected chi connectivity index (χ4v) is 4.97. The zero-order valence-corrected chi connectivity index (χ0v) is 21.8. The van der Waals surface area contributed by atoms with Crippen LogP contribution in [0.3, 0.4) is 0 Å². The third-order valence-electron chi connectivity index (χ3n) is 5.43. The van der Waals surface area contributed by atoms with Crippen molar-refractivity contribution >= 4 is 46.9 Å². The third kappa shape index (κ3) is 6.58. The summed E-state index contributed by atoms with van der Waals surface area (Å²) in [6.07, 6.45) is 6.07. The van der Waals surface area contributed by atoms with Gasteiger partial charge in [-0.3, -0.25) is 19.0 Å². The van der Waals surface area contributed by atoms with Crippen molar-refractivity contribution in [3.8, 4) is 0 Å². The number of Topliss-reactive ketones (excluding diaryl/α,β-unsaturated/α-hetero) is 1. The third-order valence-corrected chi connectivity index (χ3v) is 7.24. The Morgan fingerprint density at radius 3 is 2.35 bits per heavy atom. The molecule has 1 amide bonds. The molecule has 3 aromatic rings. The summed E-state index contributed by atoms with van der Waals surface area (Å²) in [6, 6.07) is 13.6. The Morgan fingerprint density at radius 1 is 1.12 bits per heavy atom. The molecule has 34 heavy (non-hydrogen) atoms. The lowest BCUT2D eigenvalue weighted by Crippen LogP contribution is -2.40. The van der Waals surface area contributed by atoms with Crippen LogP contribution in [0, 0.1) is 13.8 Å². The zero-order valence-electron chi connectivity index (χ0n) is 20.2.